The van der Waals surface area contributed by atoms with Crippen LogP contribution in [0.2, 0.25) is 0 Å². The molecule has 10 heteroatoms. The summed E-state index contributed by atoms with van der Waals surface area (Å²) in [5.41, 5.74) is 1.87. The molecule has 10 nitrogen and oxygen atoms in total. The SMILES string of the molecule is CCC=C(OC(=O)CC)C(C)=NNc1ccc([N+](=O)[O-])cc1[N+](=O)[O-]. The van der Waals surface area contributed by atoms with Crippen molar-refractivity contribution in [2.75, 3.05) is 5.43 Å². The second kappa shape index (κ2) is 9.11. The van der Waals surface area contributed by atoms with Crippen molar-refractivity contribution >= 4 is 28.7 Å². The quantitative estimate of drug-likeness (QED) is 0.249. The van der Waals surface area contributed by atoms with Gasteiger partial charge in [0.25, 0.3) is 5.69 Å². The third-order valence-corrected chi connectivity index (χ3v) is 2.99. The highest BCUT2D eigenvalue weighted by Crippen LogP contribution is 2.29. The summed E-state index contributed by atoms with van der Waals surface area (Å²) in [4.78, 5) is 31.8. The molecular weight excluding hydrogens is 332 g/mol. The first kappa shape index (κ1) is 19.7. The van der Waals surface area contributed by atoms with Crippen LogP contribution in [-0.4, -0.2) is 21.5 Å². The Bertz CT molecular complexity index is 742. The van der Waals surface area contributed by atoms with Gasteiger partial charge in [-0.2, -0.15) is 5.10 Å². The maximum absolute atomic E-state index is 11.4. The van der Waals surface area contributed by atoms with Gasteiger partial charge in [-0.1, -0.05) is 13.8 Å². The van der Waals surface area contributed by atoms with Crippen LogP contribution in [0.15, 0.2) is 35.1 Å². The van der Waals surface area contributed by atoms with Crippen LogP contribution in [0.25, 0.3) is 0 Å². The monoisotopic (exact) mass is 350 g/mol. The lowest BCUT2D eigenvalue weighted by Gasteiger charge is -2.08. The van der Waals surface area contributed by atoms with Crippen LogP contribution < -0.4 is 5.43 Å². The molecule has 0 aromatic heterocycles. The van der Waals surface area contributed by atoms with Gasteiger partial charge >= 0.3 is 11.7 Å². The minimum absolute atomic E-state index is 0.0207. The van der Waals surface area contributed by atoms with Crippen LogP contribution in [0.5, 0.6) is 0 Å². The lowest BCUT2D eigenvalue weighted by molar-refractivity contribution is -0.393. The van der Waals surface area contributed by atoms with Crippen LogP contribution in [0.3, 0.4) is 0 Å². The summed E-state index contributed by atoms with van der Waals surface area (Å²) in [5.74, 6) is -0.193. The summed E-state index contributed by atoms with van der Waals surface area (Å²) in [6.45, 7) is 5.06. The van der Waals surface area contributed by atoms with Crippen molar-refractivity contribution in [2.45, 2.75) is 33.6 Å². The van der Waals surface area contributed by atoms with E-state index in [1.807, 2.05) is 6.92 Å². The third kappa shape index (κ3) is 5.68. The molecular formula is C15H18N4O6. The number of benzene rings is 1. The summed E-state index contributed by atoms with van der Waals surface area (Å²) in [6, 6.07) is 3.15. The van der Waals surface area contributed by atoms with Crippen molar-refractivity contribution in [3.05, 3.63) is 50.3 Å². The number of ether oxygens (including phenoxy) is 1. The highest BCUT2D eigenvalue weighted by atomic mass is 16.6. The minimum atomic E-state index is -0.750. The Balaban J connectivity index is 3.09. The van der Waals surface area contributed by atoms with Crippen LogP contribution in [-0.2, 0) is 9.53 Å². The highest BCUT2D eigenvalue weighted by Gasteiger charge is 2.19. The molecule has 25 heavy (non-hydrogen) atoms. The van der Waals surface area contributed by atoms with Gasteiger partial charge in [0.1, 0.15) is 11.4 Å². The molecule has 0 aliphatic heterocycles. The second-order valence-electron chi connectivity index (χ2n) is 4.83. The number of hydrogen-bond donors (Lipinski definition) is 1. The molecule has 0 spiro atoms. The first-order valence-corrected chi connectivity index (χ1v) is 7.44. The zero-order valence-corrected chi connectivity index (χ0v) is 14.0. The molecule has 0 radical (unpaired) electrons. The van der Waals surface area contributed by atoms with Crippen molar-refractivity contribution < 1.29 is 19.4 Å². The second-order valence-corrected chi connectivity index (χ2v) is 4.83. The van der Waals surface area contributed by atoms with E-state index in [9.17, 15) is 25.0 Å². The molecule has 0 amide bonds. The standard InChI is InChI=1S/C15H18N4O6/c1-4-6-14(25-15(20)5-2)10(3)16-17-12-8-7-11(18(21)22)9-13(12)19(23)24/h6-9,17H,4-5H2,1-3H3. The van der Waals surface area contributed by atoms with Crippen LogP contribution in [0.1, 0.15) is 33.6 Å². The van der Waals surface area contributed by atoms with Gasteiger partial charge in [-0.3, -0.25) is 30.4 Å². The predicted octanol–water partition coefficient (Wildman–Crippen LogP) is 3.54. The first-order chi connectivity index (χ1) is 11.8. The molecule has 1 rings (SSSR count). The van der Waals surface area contributed by atoms with Gasteiger partial charge in [-0.15, -0.1) is 0 Å². The lowest BCUT2D eigenvalue weighted by atomic mass is 10.2. The summed E-state index contributed by atoms with van der Waals surface area (Å²) in [6.07, 6.45) is 2.44. The Morgan fingerprint density at radius 3 is 2.48 bits per heavy atom. The Labute approximate surface area is 143 Å². The number of nitro benzene ring substituents is 2. The number of carbonyl (C=O) groups is 1. The average molecular weight is 350 g/mol. The fraction of sp³-hybridized carbons (Fsp3) is 0.333. The maximum Gasteiger partial charge on any atom is 0.310 e. The van der Waals surface area contributed by atoms with Crippen LogP contribution in [0.4, 0.5) is 17.1 Å². The van der Waals surface area contributed by atoms with Crippen LogP contribution in [0, 0.1) is 20.2 Å². The fourth-order valence-electron chi connectivity index (χ4n) is 1.72. The first-order valence-electron chi connectivity index (χ1n) is 7.44. The molecule has 0 unspecified atom stereocenters. The summed E-state index contributed by atoms with van der Waals surface area (Å²) < 4.78 is 5.15. The molecule has 0 aliphatic carbocycles. The summed E-state index contributed by atoms with van der Waals surface area (Å²) in [7, 11) is 0. The number of nitro groups is 2. The number of hydrogen-bond acceptors (Lipinski definition) is 8. The van der Waals surface area contributed by atoms with Gasteiger partial charge in [0.2, 0.25) is 0 Å². The molecule has 0 fully saturated rings. The number of carbonyl (C=O) groups excluding carboxylic acids is 1. The van der Waals surface area contributed by atoms with Gasteiger partial charge < -0.3 is 4.74 Å². The van der Waals surface area contributed by atoms with Gasteiger partial charge in [0.05, 0.1) is 21.6 Å². The van der Waals surface area contributed by atoms with E-state index in [0.717, 1.165) is 12.1 Å². The van der Waals surface area contributed by atoms with Crippen molar-refractivity contribution in [2.24, 2.45) is 5.10 Å². The van der Waals surface area contributed by atoms with Crippen molar-refractivity contribution in [1.29, 1.82) is 0 Å². The molecule has 1 N–H and O–H groups in total. The molecule has 0 heterocycles. The molecule has 0 aliphatic rings. The largest absolute Gasteiger partial charge is 0.425 e. The zero-order chi connectivity index (χ0) is 19.0. The Morgan fingerprint density at radius 2 is 1.96 bits per heavy atom. The van der Waals surface area contributed by atoms with E-state index in [0.29, 0.717) is 12.1 Å². The molecule has 0 saturated heterocycles. The number of nitrogens with one attached hydrogen (secondary N) is 1. The lowest BCUT2D eigenvalue weighted by Crippen LogP contribution is -2.10. The van der Waals surface area contributed by atoms with Gasteiger partial charge in [-0.25, -0.2) is 0 Å². The summed E-state index contributed by atoms with van der Waals surface area (Å²) in [5, 5.41) is 25.8. The van der Waals surface area contributed by atoms with Gasteiger partial charge in [0.15, 0.2) is 0 Å². The molecule has 0 atom stereocenters. The number of allylic oxidation sites excluding steroid dienone is 2. The van der Waals surface area contributed by atoms with Crippen molar-refractivity contribution in [1.82, 2.24) is 0 Å². The topological polar surface area (TPSA) is 137 Å². The fourth-order valence-corrected chi connectivity index (χ4v) is 1.72. The Kier molecular flexibility index (Phi) is 7.19. The van der Waals surface area contributed by atoms with E-state index in [2.05, 4.69) is 10.5 Å². The molecule has 0 bridgehead atoms. The number of hydrazone groups is 1. The molecule has 1 aromatic rings. The number of rotatable bonds is 8. The Morgan fingerprint density at radius 1 is 1.28 bits per heavy atom. The summed E-state index contributed by atoms with van der Waals surface area (Å²) >= 11 is 0. The van der Waals surface area contributed by atoms with E-state index in [1.54, 1.807) is 19.9 Å². The predicted molar refractivity (Wildman–Crippen MR) is 91.2 cm³/mol. The smallest absolute Gasteiger partial charge is 0.310 e. The van der Waals surface area contributed by atoms with Gasteiger partial charge in [-0.05, 0) is 25.5 Å². The molecule has 0 saturated carbocycles. The highest BCUT2D eigenvalue weighted by molar-refractivity contribution is 5.98. The molecule has 134 valence electrons. The van der Waals surface area contributed by atoms with E-state index in [4.69, 9.17) is 4.74 Å². The number of anilines is 1. The van der Waals surface area contributed by atoms with Crippen molar-refractivity contribution in [3.63, 3.8) is 0 Å². The average Bonchev–Trinajstić information content (AvgIpc) is 2.58. The number of nitrogens with zero attached hydrogens (tertiary/aromatic N) is 3. The van der Waals surface area contributed by atoms with Gasteiger partial charge in [0, 0.05) is 12.5 Å². The number of non-ortho nitro benzene ring substituents is 1. The zero-order valence-electron chi connectivity index (χ0n) is 14.0. The number of esters is 1. The minimum Gasteiger partial charge on any atom is -0.425 e. The molecule has 1 aromatic carbocycles. The third-order valence-electron chi connectivity index (χ3n) is 2.99. The van der Waals surface area contributed by atoms with Crippen LogP contribution >= 0.6 is 0 Å². The van der Waals surface area contributed by atoms with E-state index in [1.165, 1.54) is 6.07 Å². The van der Waals surface area contributed by atoms with E-state index in [-0.39, 0.29) is 17.9 Å². The Hall–Kier alpha value is -3.30. The van der Waals surface area contributed by atoms with E-state index < -0.39 is 27.2 Å². The maximum atomic E-state index is 11.4. The normalized spacial score (nSPS) is 11.8. The van der Waals surface area contributed by atoms with E-state index >= 15 is 0 Å². The van der Waals surface area contributed by atoms with Crippen molar-refractivity contribution in [3.8, 4) is 0 Å².